The summed E-state index contributed by atoms with van der Waals surface area (Å²) in [6, 6.07) is 11.3. The number of nitrogens with zero attached hydrogens (tertiary/aromatic N) is 1. The molecule has 0 fully saturated rings. The van der Waals surface area contributed by atoms with Gasteiger partial charge in [-0.2, -0.15) is 0 Å². The van der Waals surface area contributed by atoms with Gasteiger partial charge in [0.15, 0.2) is 0 Å². The average Bonchev–Trinajstić information content (AvgIpc) is 2.49. The van der Waals surface area contributed by atoms with E-state index in [1.54, 1.807) is 37.3 Å². The summed E-state index contributed by atoms with van der Waals surface area (Å²) in [6.45, 7) is 1.63. The number of anilines is 1. The number of rotatable bonds is 3. The molecular formula is C15H12BrFN2O2. The maximum Gasteiger partial charge on any atom is 0.258 e. The molecule has 2 rings (SSSR count). The Bertz CT molecular complexity index is 717. The van der Waals surface area contributed by atoms with Crippen LogP contribution in [0, 0.1) is 5.82 Å². The second kappa shape index (κ2) is 6.49. The third-order valence-corrected chi connectivity index (χ3v) is 3.50. The first-order chi connectivity index (χ1) is 10.0. The van der Waals surface area contributed by atoms with Crippen LogP contribution in [0.15, 0.2) is 52.1 Å². The number of benzene rings is 2. The lowest BCUT2D eigenvalue weighted by atomic mass is 10.1. The van der Waals surface area contributed by atoms with E-state index in [-0.39, 0.29) is 10.0 Å². The Balaban J connectivity index is 2.26. The van der Waals surface area contributed by atoms with Crippen LogP contribution in [0.3, 0.4) is 0 Å². The van der Waals surface area contributed by atoms with Crippen LogP contribution in [0.1, 0.15) is 22.8 Å². The van der Waals surface area contributed by atoms with Gasteiger partial charge in [0, 0.05) is 11.3 Å². The van der Waals surface area contributed by atoms with Crippen LogP contribution >= 0.6 is 15.9 Å². The van der Waals surface area contributed by atoms with Gasteiger partial charge in [-0.3, -0.25) is 4.79 Å². The number of halogens is 2. The normalized spacial score (nSPS) is 11.3. The molecule has 4 nitrogen and oxygen atoms in total. The van der Waals surface area contributed by atoms with E-state index in [1.165, 1.54) is 12.1 Å². The molecule has 0 unspecified atom stereocenters. The molecule has 0 atom stereocenters. The van der Waals surface area contributed by atoms with Crippen LogP contribution in [-0.4, -0.2) is 16.8 Å². The summed E-state index contributed by atoms with van der Waals surface area (Å²) in [5.41, 5.74) is 1.51. The molecule has 21 heavy (non-hydrogen) atoms. The van der Waals surface area contributed by atoms with Gasteiger partial charge in [0.25, 0.3) is 5.91 Å². The molecule has 0 saturated carbocycles. The van der Waals surface area contributed by atoms with Gasteiger partial charge in [0.1, 0.15) is 5.82 Å². The smallest absolute Gasteiger partial charge is 0.258 e. The molecule has 0 aromatic heterocycles. The van der Waals surface area contributed by atoms with Crippen LogP contribution in [0.2, 0.25) is 0 Å². The van der Waals surface area contributed by atoms with Crippen molar-refractivity contribution in [2.75, 3.05) is 5.32 Å². The van der Waals surface area contributed by atoms with E-state index < -0.39 is 11.7 Å². The van der Waals surface area contributed by atoms with E-state index in [9.17, 15) is 9.18 Å². The summed E-state index contributed by atoms with van der Waals surface area (Å²) in [5, 5.41) is 14.5. The molecule has 0 spiro atoms. The zero-order valence-electron chi connectivity index (χ0n) is 11.1. The van der Waals surface area contributed by atoms with Gasteiger partial charge in [-0.05, 0) is 47.1 Å². The van der Waals surface area contributed by atoms with Crippen molar-refractivity contribution in [2.45, 2.75) is 6.92 Å². The lowest BCUT2D eigenvalue weighted by Crippen LogP contribution is -2.14. The second-order valence-corrected chi connectivity index (χ2v) is 5.18. The number of hydrogen-bond donors (Lipinski definition) is 2. The fourth-order valence-corrected chi connectivity index (χ4v) is 2.12. The molecule has 1 amide bonds. The molecule has 108 valence electrons. The minimum absolute atomic E-state index is 0.0534. The Morgan fingerprint density at radius 1 is 1.29 bits per heavy atom. The second-order valence-electron chi connectivity index (χ2n) is 4.32. The zero-order chi connectivity index (χ0) is 15.4. The van der Waals surface area contributed by atoms with Gasteiger partial charge >= 0.3 is 0 Å². The largest absolute Gasteiger partial charge is 0.411 e. The maximum absolute atomic E-state index is 13.9. The quantitative estimate of drug-likeness (QED) is 0.498. The van der Waals surface area contributed by atoms with E-state index in [4.69, 9.17) is 5.21 Å². The molecule has 2 aromatic carbocycles. The van der Waals surface area contributed by atoms with Crippen molar-refractivity contribution in [3.8, 4) is 0 Å². The van der Waals surface area contributed by atoms with Gasteiger partial charge in [-0.1, -0.05) is 23.4 Å². The molecule has 0 aliphatic heterocycles. The van der Waals surface area contributed by atoms with Crippen LogP contribution < -0.4 is 5.32 Å². The fourth-order valence-electron chi connectivity index (χ4n) is 1.76. The van der Waals surface area contributed by atoms with Crippen molar-refractivity contribution in [3.63, 3.8) is 0 Å². The molecule has 0 bridgehead atoms. The molecular weight excluding hydrogens is 339 g/mol. The van der Waals surface area contributed by atoms with E-state index in [0.29, 0.717) is 17.0 Å². The lowest BCUT2D eigenvalue weighted by Gasteiger charge is -2.08. The van der Waals surface area contributed by atoms with Crippen LogP contribution in [0.5, 0.6) is 0 Å². The van der Waals surface area contributed by atoms with Gasteiger partial charge in [0.05, 0.1) is 15.7 Å². The third-order valence-electron chi connectivity index (χ3n) is 2.88. The van der Waals surface area contributed by atoms with Crippen molar-refractivity contribution in [1.82, 2.24) is 0 Å². The predicted octanol–water partition coefficient (Wildman–Crippen LogP) is 4.04. The zero-order valence-corrected chi connectivity index (χ0v) is 12.7. The van der Waals surface area contributed by atoms with Gasteiger partial charge < -0.3 is 10.5 Å². The highest BCUT2D eigenvalue weighted by Gasteiger charge is 2.14. The maximum atomic E-state index is 13.9. The summed E-state index contributed by atoms with van der Waals surface area (Å²) in [5.74, 6) is -1.16. The number of carbonyl (C=O) groups is 1. The first kappa shape index (κ1) is 15.2. The molecule has 0 aliphatic carbocycles. The number of hydrogen-bond acceptors (Lipinski definition) is 3. The monoisotopic (exact) mass is 350 g/mol. The molecule has 0 aliphatic rings. The van der Waals surface area contributed by atoms with Gasteiger partial charge in [-0.25, -0.2) is 4.39 Å². The standard InChI is InChI=1S/C15H12BrFN2O2/c1-9(19-21)10-4-2-5-11(8-10)18-15(20)12-6-3-7-13(16)14(12)17/h2-8,21H,1H3,(H,18,20)/b19-9-. The molecule has 0 radical (unpaired) electrons. The Morgan fingerprint density at radius 2 is 2.00 bits per heavy atom. The number of oxime groups is 1. The first-order valence-electron chi connectivity index (χ1n) is 6.07. The average molecular weight is 351 g/mol. The third kappa shape index (κ3) is 3.46. The van der Waals surface area contributed by atoms with E-state index in [2.05, 4.69) is 26.4 Å². The van der Waals surface area contributed by atoms with Crippen molar-refractivity contribution < 1.29 is 14.4 Å². The fraction of sp³-hybridized carbons (Fsp3) is 0.0667. The van der Waals surface area contributed by atoms with Crippen molar-refractivity contribution >= 4 is 33.2 Å². The van der Waals surface area contributed by atoms with Gasteiger partial charge in [-0.15, -0.1) is 0 Å². The minimum atomic E-state index is -0.612. The Labute approximate surface area is 129 Å². The minimum Gasteiger partial charge on any atom is -0.411 e. The molecule has 2 N–H and O–H groups in total. The van der Waals surface area contributed by atoms with E-state index in [0.717, 1.165) is 0 Å². The highest BCUT2D eigenvalue weighted by atomic mass is 79.9. The Morgan fingerprint density at radius 3 is 2.71 bits per heavy atom. The molecule has 0 saturated heterocycles. The lowest BCUT2D eigenvalue weighted by molar-refractivity contribution is 0.102. The van der Waals surface area contributed by atoms with Crippen molar-refractivity contribution in [1.29, 1.82) is 0 Å². The molecule has 2 aromatic rings. The van der Waals surface area contributed by atoms with Crippen LogP contribution in [-0.2, 0) is 0 Å². The summed E-state index contributed by atoms with van der Waals surface area (Å²) < 4.78 is 14.1. The summed E-state index contributed by atoms with van der Waals surface area (Å²) in [6.07, 6.45) is 0. The number of carbonyl (C=O) groups excluding carboxylic acids is 1. The molecule has 6 heteroatoms. The van der Waals surface area contributed by atoms with Gasteiger partial charge in [0.2, 0.25) is 0 Å². The van der Waals surface area contributed by atoms with Crippen molar-refractivity contribution in [2.24, 2.45) is 5.16 Å². The highest BCUT2D eigenvalue weighted by molar-refractivity contribution is 9.10. The first-order valence-corrected chi connectivity index (χ1v) is 6.86. The van der Waals surface area contributed by atoms with Crippen LogP contribution in [0.4, 0.5) is 10.1 Å². The Hall–Kier alpha value is -2.21. The van der Waals surface area contributed by atoms with Crippen molar-refractivity contribution in [3.05, 3.63) is 63.9 Å². The predicted molar refractivity (Wildman–Crippen MR) is 82.5 cm³/mol. The summed E-state index contributed by atoms with van der Waals surface area (Å²) in [4.78, 5) is 12.1. The SMILES string of the molecule is C/C(=N/O)c1cccc(NC(=O)c2cccc(Br)c2F)c1. The Kier molecular flexibility index (Phi) is 4.70. The van der Waals surface area contributed by atoms with Crippen LogP contribution in [0.25, 0.3) is 0 Å². The van der Waals surface area contributed by atoms with E-state index >= 15 is 0 Å². The number of nitrogens with one attached hydrogen (secondary N) is 1. The topological polar surface area (TPSA) is 61.7 Å². The molecule has 0 heterocycles. The van der Waals surface area contributed by atoms with E-state index in [1.807, 2.05) is 0 Å². The number of amides is 1. The summed E-state index contributed by atoms with van der Waals surface area (Å²) >= 11 is 3.04. The summed E-state index contributed by atoms with van der Waals surface area (Å²) in [7, 11) is 0. The highest BCUT2D eigenvalue weighted by Crippen LogP contribution is 2.20.